The molecule has 0 fully saturated rings. The standard InChI is InChI=1S/C36H71O10P/c1-3-5-7-9-11-12-13-14-15-16-17-18-19-20-22-23-25-27-35(39)43-31-34(32-45-47(41,42)44-30-33(38)29-37)46-36(40)28-26-24-21-10-8-6-4-2/h33-34,37-38H,3-32H2,1-2H3,(H,41,42)/t33-,34+/m1/s1. The van der Waals surface area contributed by atoms with Crippen LogP contribution in [0, 0.1) is 0 Å². The van der Waals surface area contributed by atoms with Gasteiger partial charge in [0.1, 0.15) is 12.7 Å². The van der Waals surface area contributed by atoms with Crippen molar-refractivity contribution in [1.82, 2.24) is 0 Å². The molecule has 3 atom stereocenters. The molecular formula is C36H71O10P. The van der Waals surface area contributed by atoms with Gasteiger partial charge in [-0.25, -0.2) is 4.57 Å². The number of carbonyl (C=O) groups is 2. The van der Waals surface area contributed by atoms with Gasteiger partial charge in [-0.05, 0) is 12.8 Å². The summed E-state index contributed by atoms with van der Waals surface area (Å²) in [5, 5.41) is 18.2. The van der Waals surface area contributed by atoms with Gasteiger partial charge in [0, 0.05) is 12.8 Å². The second kappa shape index (κ2) is 33.5. The molecule has 0 bridgehead atoms. The fourth-order valence-corrected chi connectivity index (χ4v) is 6.08. The number of ether oxygens (including phenoxy) is 2. The number of rotatable bonds is 36. The second-order valence-electron chi connectivity index (χ2n) is 13.0. The number of phosphoric acid groups is 1. The van der Waals surface area contributed by atoms with Gasteiger partial charge in [-0.2, -0.15) is 0 Å². The molecular weight excluding hydrogens is 623 g/mol. The monoisotopic (exact) mass is 694 g/mol. The number of hydrogen-bond acceptors (Lipinski definition) is 9. The van der Waals surface area contributed by atoms with Crippen LogP contribution in [-0.4, -0.2) is 65.7 Å². The van der Waals surface area contributed by atoms with E-state index in [4.69, 9.17) is 19.1 Å². The van der Waals surface area contributed by atoms with Gasteiger partial charge in [0.05, 0.1) is 19.8 Å². The quantitative estimate of drug-likeness (QED) is 0.0329. The Kier molecular flexibility index (Phi) is 32.7. The van der Waals surface area contributed by atoms with E-state index in [1.54, 1.807) is 0 Å². The molecule has 0 amide bonds. The molecule has 0 saturated heterocycles. The molecule has 0 aromatic rings. The van der Waals surface area contributed by atoms with Crippen LogP contribution in [-0.2, 0) is 32.7 Å². The van der Waals surface area contributed by atoms with Crippen molar-refractivity contribution in [2.45, 2.75) is 193 Å². The SMILES string of the molecule is CCCCCCCCCCCCCCCCCCCC(=O)OC[C@@H](COP(=O)(O)OC[C@H](O)CO)OC(=O)CCCCCCCCC. The van der Waals surface area contributed by atoms with Crippen LogP contribution in [0.4, 0.5) is 0 Å². The topological polar surface area (TPSA) is 149 Å². The zero-order valence-electron chi connectivity index (χ0n) is 30.0. The van der Waals surface area contributed by atoms with Gasteiger partial charge in [-0.1, -0.05) is 155 Å². The first kappa shape index (κ1) is 46.0. The second-order valence-corrected chi connectivity index (χ2v) is 14.4. The normalized spacial score (nSPS) is 14.1. The average molecular weight is 695 g/mol. The Bertz CT molecular complexity index is 766. The maximum absolute atomic E-state index is 12.4. The third kappa shape index (κ3) is 33.3. The van der Waals surface area contributed by atoms with Gasteiger partial charge < -0.3 is 24.6 Å². The Hall–Kier alpha value is -1.03. The summed E-state index contributed by atoms with van der Waals surface area (Å²) in [7, 11) is -4.60. The van der Waals surface area contributed by atoms with E-state index in [1.807, 2.05) is 0 Å². The van der Waals surface area contributed by atoms with Crippen LogP contribution in [0.3, 0.4) is 0 Å². The number of carbonyl (C=O) groups excluding carboxylic acids is 2. The highest BCUT2D eigenvalue weighted by atomic mass is 31.2. The molecule has 0 saturated carbocycles. The molecule has 280 valence electrons. The maximum Gasteiger partial charge on any atom is 0.472 e. The van der Waals surface area contributed by atoms with Crippen LogP contribution in [0.2, 0.25) is 0 Å². The van der Waals surface area contributed by atoms with Gasteiger partial charge in [-0.3, -0.25) is 18.6 Å². The fraction of sp³-hybridized carbons (Fsp3) is 0.944. The Morgan fingerprint density at radius 3 is 1.32 bits per heavy atom. The highest BCUT2D eigenvalue weighted by Crippen LogP contribution is 2.43. The summed E-state index contributed by atoms with van der Waals surface area (Å²) in [6.45, 7) is 2.33. The predicted octanol–water partition coefficient (Wildman–Crippen LogP) is 9.11. The molecule has 3 N–H and O–H groups in total. The van der Waals surface area contributed by atoms with Crippen LogP contribution in [0.5, 0.6) is 0 Å². The Morgan fingerprint density at radius 2 is 0.915 bits per heavy atom. The molecule has 0 aromatic heterocycles. The number of esters is 2. The fourth-order valence-electron chi connectivity index (χ4n) is 5.29. The smallest absolute Gasteiger partial charge is 0.462 e. The Labute approximate surface area is 286 Å². The zero-order valence-corrected chi connectivity index (χ0v) is 30.9. The van der Waals surface area contributed by atoms with Crippen LogP contribution >= 0.6 is 7.82 Å². The summed E-state index contributed by atoms with van der Waals surface area (Å²) in [6, 6.07) is 0. The molecule has 0 radical (unpaired) electrons. The lowest BCUT2D eigenvalue weighted by Crippen LogP contribution is -2.29. The summed E-state index contributed by atoms with van der Waals surface area (Å²) in [5.74, 6) is -0.922. The molecule has 10 nitrogen and oxygen atoms in total. The first-order valence-corrected chi connectivity index (χ1v) is 20.5. The van der Waals surface area contributed by atoms with E-state index >= 15 is 0 Å². The highest BCUT2D eigenvalue weighted by molar-refractivity contribution is 7.47. The third-order valence-electron chi connectivity index (χ3n) is 8.26. The minimum Gasteiger partial charge on any atom is -0.462 e. The lowest BCUT2D eigenvalue weighted by molar-refractivity contribution is -0.161. The van der Waals surface area contributed by atoms with Crippen molar-refractivity contribution in [2.75, 3.05) is 26.4 Å². The predicted molar refractivity (Wildman–Crippen MR) is 187 cm³/mol. The minimum atomic E-state index is -4.60. The Balaban J connectivity index is 4.19. The van der Waals surface area contributed by atoms with Crippen molar-refractivity contribution < 1.29 is 47.8 Å². The molecule has 0 heterocycles. The molecule has 0 aliphatic heterocycles. The van der Waals surface area contributed by atoms with Crippen molar-refractivity contribution in [3.8, 4) is 0 Å². The van der Waals surface area contributed by atoms with Crippen molar-refractivity contribution in [1.29, 1.82) is 0 Å². The van der Waals surface area contributed by atoms with Gasteiger partial charge >= 0.3 is 19.8 Å². The molecule has 0 aromatic carbocycles. The Morgan fingerprint density at radius 1 is 0.553 bits per heavy atom. The summed E-state index contributed by atoms with van der Waals surface area (Å²) in [5.41, 5.74) is 0. The maximum atomic E-state index is 12.4. The summed E-state index contributed by atoms with van der Waals surface area (Å²) in [4.78, 5) is 34.6. The molecule has 0 spiro atoms. The molecule has 1 unspecified atom stereocenters. The number of phosphoric ester groups is 1. The van der Waals surface area contributed by atoms with E-state index in [1.165, 1.54) is 109 Å². The van der Waals surface area contributed by atoms with Crippen molar-refractivity contribution >= 4 is 19.8 Å². The summed E-state index contributed by atoms with van der Waals surface area (Å²) in [6.07, 6.45) is 26.7. The minimum absolute atomic E-state index is 0.188. The van der Waals surface area contributed by atoms with Gasteiger partial charge in [0.15, 0.2) is 6.10 Å². The van der Waals surface area contributed by atoms with E-state index in [-0.39, 0.29) is 19.4 Å². The molecule has 0 aliphatic rings. The first-order valence-electron chi connectivity index (χ1n) is 19.0. The van der Waals surface area contributed by atoms with Crippen LogP contribution in [0.1, 0.15) is 181 Å². The van der Waals surface area contributed by atoms with E-state index in [9.17, 15) is 24.2 Å². The first-order chi connectivity index (χ1) is 22.7. The summed E-state index contributed by atoms with van der Waals surface area (Å²) >= 11 is 0. The molecule has 11 heteroatoms. The van der Waals surface area contributed by atoms with Crippen molar-refractivity contribution in [2.24, 2.45) is 0 Å². The van der Waals surface area contributed by atoms with Crippen molar-refractivity contribution in [3.63, 3.8) is 0 Å². The van der Waals surface area contributed by atoms with Crippen molar-refractivity contribution in [3.05, 3.63) is 0 Å². The largest absolute Gasteiger partial charge is 0.472 e. The number of aliphatic hydroxyl groups is 2. The highest BCUT2D eigenvalue weighted by Gasteiger charge is 2.27. The average Bonchev–Trinajstić information content (AvgIpc) is 3.05. The van der Waals surface area contributed by atoms with Gasteiger partial charge in [-0.15, -0.1) is 0 Å². The zero-order chi connectivity index (χ0) is 34.9. The molecule has 47 heavy (non-hydrogen) atoms. The van der Waals surface area contributed by atoms with E-state index < -0.39 is 51.8 Å². The number of aliphatic hydroxyl groups excluding tert-OH is 2. The lowest BCUT2D eigenvalue weighted by Gasteiger charge is -2.20. The van der Waals surface area contributed by atoms with E-state index in [0.717, 1.165) is 32.1 Å². The van der Waals surface area contributed by atoms with Crippen LogP contribution < -0.4 is 0 Å². The number of hydrogen-bond donors (Lipinski definition) is 3. The van der Waals surface area contributed by atoms with Crippen LogP contribution in [0.25, 0.3) is 0 Å². The molecule has 0 rings (SSSR count). The van der Waals surface area contributed by atoms with E-state index in [0.29, 0.717) is 12.8 Å². The van der Waals surface area contributed by atoms with E-state index in [2.05, 4.69) is 18.4 Å². The lowest BCUT2D eigenvalue weighted by atomic mass is 10.0. The summed E-state index contributed by atoms with van der Waals surface area (Å²) < 4.78 is 32.4. The van der Waals surface area contributed by atoms with Gasteiger partial charge in [0.2, 0.25) is 0 Å². The van der Waals surface area contributed by atoms with Gasteiger partial charge in [0.25, 0.3) is 0 Å². The third-order valence-corrected chi connectivity index (χ3v) is 9.21. The van der Waals surface area contributed by atoms with Crippen LogP contribution in [0.15, 0.2) is 0 Å². The molecule has 0 aliphatic carbocycles. The number of unbranched alkanes of at least 4 members (excludes halogenated alkanes) is 22.